The van der Waals surface area contributed by atoms with E-state index < -0.39 is 17.4 Å². The number of carboxylic acids is 2. The van der Waals surface area contributed by atoms with E-state index in [9.17, 15) is 14.9 Å². The van der Waals surface area contributed by atoms with Gasteiger partial charge in [0, 0.05) is 28.5 Å². The van der Waals surface area contributed by atoms with E-state index in [1.165, 1.54) is 12.1 Å². The summed E-state index contributed by atoms with van der Waals surface area (Å²) in [4.78, 5) is 21.6. The molecule has 1 rings (SSSR count). The highest BCUT2D eigenvalue weighted by Crippen LogP contribution is 2.41. The second-order valence-electron chi connectivity index (χ2n) is 4.58. The van der Waals surface area contributed by atoms with E-state index in [2.05, 4.69) is 0 Å². The monoisotopic (exact) mass is 329 g/mol. The van der Waals surface area contributed by atoms with Gasteiger partial charge >= 0.3 is 11.9 Å². The van der Waals surface area contributed by atoms with E-state index in [0.29, 0.717) is 5.56 Å². The van der Waals surface area contributed by atoms with Crippen molar-refractivity contribution in [3.63, 3.8) is 0 Å². The fraction of sp³-hybridized carbons (Fsp3) is 0.357. The van der Waals surface area contributed by atoms with E-state index in [-0.39, 0.29) is 35.7 Å². The molecule has 1 aromatic rings. The molecule has 21 heavy (non-hydrogen) atoms. The van der Waals surface area contributed by atoms with Crippen LogP contribution in [0.4, 0.5) is 0 Å². The molecule has 0 bridgehead atoms. The first-order chi connectivity index (χ1) is 9.82. The Labute approximate surface area is 131 Å². The molecule has 7 heteroatoms. The van der Waals surface area contributed by atoms with Crippen LogP contribution in [0, 0.1) is 11.3 Å². The maximum Gasteiger partial charge on any atom is 0.303 e. The Morgan fingerprint density at radius 1 is 1.10 bits per heavy atom. The van der Waals surface area contributed by atoms with Crippen molar-refractivity contribution < 1.29 is 19.8 Å². The molecule has 0 aliphatic heterocycles. The predicted molar refractivity (Wildman–Crippen MR) is 77.5 cm³/mol. The summed E-state index contributed by atoms with van der Waals surface area (Å²) in [6, 6.07) is 6.71. The molecule has 0 unspecified atom stereocenters. The molecule has 0 aliphatic carbocycles. The van der Waals surface area contributed by atoms with Crippen LogP contribution < -0.4 is 0 Å². The van der Waals surface area contributed by atoms with Gasteiger partial charge in [-0.3, -0.25) is 9.59 Å². The van der Waals surface area contributed by atoms with Gasteiger partial charge in [-0.2, -0.15) is 5.26 Å². The zero-order chi connectivity index (χ0) is 16.0. The summed E-state index contributed by atoms with van der Waals surface area (Å²) in [5, 5.41) is 27.7. The lowest BCUT2D eigenvalue weighted by Crippen LogP contribution is -2.27. The Morgan fingerprint density at radius 3 is 1.86 bits per heavy atom. The Kier molecular flexibility index (Phi) is 6.01. The fourth-order valence-corrected chi connectivity index (χ4v) is 2.90. The summed E-state index contributed by atoms with van der Waals surface area (Å²) in [6.07, 6.45) is -0.686. The molecular formula is C14H13Cl2NO4. The maximum atomic E-state index is 10.8. The molecule has 0 aliphatic rings. The zero-order valence-corrected chi connectivity index (χ0v) is 12.5. The standard InChI is InChI=1S/C14H13Cl2NO4/c15-9-2-1-3-10(16)13(9)14(8-17,6-4-11(18)19)7-5-12(20)21/h1-3H,4-7H2,(H,18,19)(H,20,21). The van der Waals surface area contributed by atoms with E-state index in [1.807, 2.05) is 6.07 Å². The van der Waals surface area contributed by atoms with Crippen LogP contribution in [-0.4, -0.2) is 22.2 Å². The van der Waals surface area contributed by atoms with Gasteiger partial charge in [-0.05, 0) is 25.0 Å². The highest BCUT2D eigenvalue weighted by Gasteiger charge is 2.37. The molecule has 0 amide bonds. The van der Waals surface area contributed by atoms with Gasteiger partial charge in [0.05, 0.1) is 11.5 Å². The first kappa shape index (κ1) is 17.3. The number of carbonyl (C=O) groups is 2. The molecule has 0 saturated heterocycles. The SMILES string of the molecule is N#CC(CCC(=O)O)(CCC(=O)O)c1c(Cl)cccc1Cl. The maximum absolute atomic E-state index is 10.8. The lowest BCUT2D eigenvalue weighted by atomic mass is 9.74. The smallest absolute Gasteiger partial charge is 0.303 e. The lowest BCUT2D eigenvalue weighted by molar-refractivity contribution is -0.137. The molecule has 0 radical (unpaired) electrons. The van der Waals surface area contributed by atoms with E-state index in [1.54, 1.807) is 6.07 Å². The minimum absolute atomic E-state index is 0.0600. The van der Waals surface area contributed by atoms with Gasteiger partial charge in [0.25, 0.3) is 0 Å². The molecule has 0 heterocycles. The predicted octanol–water partition coefficient (Wildman–Crippen LogP) is 3.48. The minimum atomic E-state index is -1.34. The highest BCUT2D eigenvalue weighted by molar-refractivity contribution is 6.36. The van der Waals surface area contributed by atoms with Crippen molar-refractivity contribution >= 4 is 35.1 Å². The third-order valence-electron chi connectivity index (χ3n) is 3.19. The number of halogens is 2. The van der Waals surface area contributed by atoms with Crippen molar-refractivity contribution in [2.75, 3.05) is 0 Å². The lowest BCUT2D eigenvalue weighted by Gasteiger charge is -2.28. The quantitative estimate of drug-likeness (QED) is 0.797. The van der Waals surface area contributed by atoms with Crippen LogP contribution in [0.5, 0.6) is 0 Å². The minimum Gasteiger partial charge on any atom is -0.481 e. The van der Waals surface area contributed by atoms with Crippen LogP contribution in [0.3, 0.4) is 0 Å². The van der Waals surface area contributed by atoms with Crippen molar-refractivity contribution in [2.24, 2.45) is 0 Å². The van der Waals surface area contributed by atoms with Gasteiger partial charge < -0.3 is 10.2 Å². The average molecular weight is 330 g/mol. The van der Waals surface area contributed by atoms with E-state index >= 15 is 0 Å². The highest BCUT2D eigenvalue weighted by atomic mass is 35.5. The summed E-state index contributed by atoms with van der Waals surface area (Å²) in [7, 11) is 0. The fourth-order valence-electron chi connectivity index (χ4n) is 2.14. The van der Waals surface area contributed by atoms with Crippen molar-refractivity contribution in [1.82, 2.24) is 0 Å². The molecule has 0 fully saturated rings. The van der Waals surface area contributed by atoms with E-state index in [4.69, 9.17) is 33.4 Å². The molecule has 1 aromatic carbocycles. The third kappa shape index (κ3) is 4.35. The average Bonchev–Trinajstić information content (AvgIpc) is 2.40. The second-order valence-corrected chi connectivity index (χ2v) is 5.39. The number of benzene rings is 1. The molecule has 0 aromatic heterocycles. The number of nitrogens with zero attached hydrogens (tertiary/aromatic N) is 1. The van der Waals surface area contributed by atoms with Gasteiger partial charge in [0.2, 0.25) is 0 Å². The van der Waals surface area contributed by atoms with Crippen LogP contribution in [0.15, 0.2) is 18.2 Å². The van der Waals surface area contributed by atoms with Gasteiger partial charge in [0.1, 0.15) is 0 Å². The Morgan fingerprint density at radius 2 is 1.52 bits per heavy atom. The van der Waals surface area contributed by atoms with Crippen LogP contribution in [0.1, 0.15) is 31.2 Å². The molecule has 5 nitrogen and oxygen atoms in total. The van der Waals surface area contributed by atoms with Crippen molar-refractivity contribution in [3.05, 3.63) is 33.8 Å². The Bertz CT molecular complexity index is 557. The molecule has 0 atom stereocenters. The van der Waals surface area contributed by atoms with Crippen LogP contribution >= 0.6 is 23.2 Å². The molecule has 0 spiro atoms. The summed E-state index contributed by atoms with van der Waals surface area (Å²) in [5.74, 6) is -2.15. The normalized spacial score (nSPS) is 10.9. The van der Waals surface area contributed by atoms with E-state index in [0.717, 1.165) is 0 Å². The number of aliphatic carboxylic acids is 2. The van der Waals surface area contributed by atoms with Crippen molar-refractivity contribution in [2.45, 2.75) is 31.1 Å². The summed E-state index contributed by atoms with van der Waals surface area (Å²) < 4.78 is 0. The number of rotatable bonds is 7. The first-order valence-electron chi connectivity index (χ1n) is 6.12. The first-order valence-corrected chi connectivity index (χ1v) is 6.87. The van der Waals surface area contributed by atoms with Crippen molar-refractivity contribution in [3.8, 4) is 6.07 Å². The van der Waals surface area contributed by atoms with Gasteiger partial charge in [-0.15, -0.1) is 0 Å². The van der Waals surface area contributed by atoms with Gasteiger partial charge in [-0.1, -0.05) is 29.3 Å². The van der Waals surface area contributed by atoms with Crippen LogP contribution in [-0.2, 0) is 15.0 Å². The molecule has 112 valence electrons. The topological polar surface area (TPSA) is 98.4 Å². The largest absolute Gasteiger partial charge is 0.481 e. The zero-order valence-electron chi connectivity index (χ0n) is 11.0. The number of hydrogen-bond acceptors (Lipinski definition) is 3. The number of carboxylic acid groups (broad SMARTS) is 2. The second kappa shape index (κ2) is 7.30. The molecule has 0 saturated carbocycles. The summed E-state index contributed by atoms with van der Waals surface area (Å²) in [5.41, 5.74) is -1.05. The number of hydrogen-bond donors (Lipinski definition) is 2. The van der Waals surface area contributed by atoms with Crippen molar-refractivity contribution in [1.29, 1.82) is 5.26 Å². The molecule has 2 N–H and O–H groups in total. The summed E-state index contributed by atoms with van der Waals surface area (Å²) >= 11 is 12.2. The summed E-state index contributed by atoms with van der Waals surface area (Å²) in [6.45, 7) is 0. The molecular weight excluding hydrogens is 317 g/mol. The van der Waals surface area contributed by atoms with Crippen LogP contribution in [0.2, 0.25) is 10.0 Å². The Balaban J connectivity index is 3.31. The van der Waals surface area contributed by atoms with Crippen LogP contribution in [0.25, 0.3) is 0 Å². The Hall–Kier alpha value is -1.77. The van der Waals surface area contributed by atoms with Gasteiger partial charge in [0.15, 0.2) is 0 Å². The number of nitriles is 1. The van der Waals surface area contributed by atoms with Gasteiger partial charge in [-0.25, -0.2) is 0 Å². The third-order valence-corrected chi connectivity index (χ3v) is 3.82.